The number of hydrogen-bond acceptors (Lipinski definition) is 5. The lowest BCUT2D eigenvalue weighted by molar-refractivity contribution is 0.0994. The first-order valence-electron chi connectivity index (χ1n) is 7.65. The zero-order chi connectivity index (χ0) is 20.6. The average Bonchev–Trinajstić information content (AvgIpc) is 2.94. The Labute approximate surface area is 179 Å². The van der Waals surface area contributed by atoms with Crippen molar-refractivity contribution in [2.24, 2.45) is 5.73 Å². The largest absolute Gasteiger partial charge is 0.382 e. The third kappa shape index (κ3) is 4.07. The van der Waals surface area contributed by atoms with Gasteiger partial charge in [-0.15, -0.1) is 5.10 Å². The van der Waals surface area contributed by atoms with E-state index >= 15 is 0 Å². The number of carbonyl (C=O) groups excluding carboxylic acids is 2. The Morgan fingerprint density at radius 1 is 0.964 bits per heavy atom. The topological polar surface area (TPSA) is 117 Å². The van der Waals surface area contributed by atoms with Gasteiger partial charge in [0.25, 0.3) is 5.91 Å². The molecule has 1 heterocycles. The molecule has 0 spiro atoms. The van der Waals surface area contributed by atoms with E-state index in [9.17, 15) is 9.59 Å². The van der Waals surface area contributed by atoms with Gasteiger partial charge >= 0.3 is 0 Å². The quantitative estimate of drug-likeness (QED) is 0.563. The van der Waals surface area contributed by atoms with Gasteiger partial charge in [-0.25, -0.2) is 4.68 Å². The van der Waals surface area contributed by atoms with Gasteiger partial charge in [-0.05, 0) is 35.9 Å². The standard InChI is InChI=1S/C17H11Cl4N5O2/c18-9-3-8(4-10(19)5-9)15(27)13-11(20)1-7(2-12(13)21)6-26-16(22)14(17(23)28)24-25-26/h1-5H,6,22H2,(H2,23,28). The second-order valence-electron chi connectivity index (χ2n) is 5.77. The van der Waals surface area contributed by atoms with Crippen LogP contribution in [0.4, 0.5) is 5.82 Å². The summed E-state index contributed by atoms with van der Waals surface area (Å²) in [5, 5.41) is 8.27. The van der Waals surface area contributed by atoms with Crippen LogP contribution in [-0.2, 0) is 6.54 Å². The number of benzene rings is 2. The number of anilines is 1. The number of rotatable bonds is 5. The minimum absolute atomic E-state index is 0.00784. The maximum Gasteiger partial charge on any atom is 0.273 e. The molecule has 11 heteroatoms. The molecule has 0 aliphatic carbocycles. The van der Waals surface area contributed by atoms with Crippen molar-refractivity contribution in [1.29, 1.82) is 0 Å². The molecule has 0 aliphatic rings. The highest BCUT2D eigenvalue weighted by atomic mass is 35.5. The van der Waals surface area contributed by atoms with Crippen LogP contribution in [-0.4, -0.2) is 26.7 Å². The Hall–Kier alpha value is -2.32. The molecule has 0 bridgehead atoms. The Balaban J connectivity index is 1.95. The lowest BCUT2D eigenvalue weighted by Gasteiger charge is -2.11. The summed E-state index contributed by atoms with van der Waals surface area (Å²) in [4.78, 5) is 24.0. The summed E-state index contributed by atoms with van der Waals surface area (Å²) < 4.78 is 1.26. The summed E-state index contributed by atoms with van der Waals surface area (Å²) in [5.74, 6) is -1.21. The van der Waals surface area contributed by atoms with E-state index < -0.39 is 11.7 Å². The van der Waals surface area contributed by atoms with E-state index in [1.54, 1.807) is 0 Å². The van der Waals surface area contributed by atoms with E-state index in [1.165, 1.54) is 35.0 Å². The van der Waals surface area contributed by atoms with E-state index in [2.05, 4.69) is 10.3 Å². The minimum atomic E-state index is -0.791. The van der Waals surface area contributed by atoms with Crippen molar-refractivity contribution < 1.29 is 9.59 Å². The molecule has 4 N–H and O–H groups in total. The molecule has 2 aromatic carbocycles. The van der Waals surface area contributed by atoms with Crippen LogP contribution in [0.5, 0.6) is 0 Å². The van der Waals surface area contributed by atoms with Gasteiger partial charge in [0, 0.05) is 15.6 Å². The zero-order valence-corrected chi connectivity index (χ0v) is 16.9. The van der Waals surface area contributed by atoms with E-state index in [4.69, 9.17) is 57.9 Å². The Bertz CT molecular complexity index is 1070. The molecule has 0 radical (unpaired) electrons. The number of amides is 1. The first-order valence-corrected chi connectivity index (χ1v) is 9.16. The second kappa shape index (κ2) is 7.97. The maximum absolute atomic E-state index is 12.8. The van der Waals surface area contributed by atoms with Crippen molar-refractivity contribution in [3.63, 3.8) is 0 Å². The van der Waals surface area contributed by atoms with Crippen molar-refractivity contribution >= 4 is 63.9 Å². The fourth-order valence-electron chi connectivity index (χ4n) is 2.55. The van der Waals surface area contributed by atoms with Crippen LogP contribution in [0.25, 0.3) is 0 Å². The number of halogens is 4. The first kappa shape index (κ1) is 20.4. The summed E-state index contributed by atoms with van der Waals surface area (Å²) in [5.41, 5.74) is 11.8. The van der Waals surface area contributed by atoms with E-state index in [1.807, 2.05) is 0 Å². The molecule has 0 fully saturated rings. The van der Waals surface area contributed by atoms with Gasteiger partial charge < -0.3 is 11.5 Å². The molecule has 0 saturated carbocycles. The third-order valence-corrected chi connectivity index (χ3v) is 4.83. The van der Waals surface area contributed by atoms with Crippen molar-refractivity contribution in [2.75, 3.05) is 5.73 Å². The van der Waals surface area contributed by atoms with Crippen molar-refractivity contribution in [3.05, 3.63) is 72.8 Å². The number of carbonyl (C=O) groups is 2. The first-order chi connectivity index (χ1) is 13.2. The van der Waals surface area contributed by atoms with Crippen LogP contribution in [0.15, 0.2) is 30.3 Å². The molecular weight excluding hydrogens is 448 g/mol. The van der Waals surface area contributed by atoms with Crippen molar-refractivity contribution in [1.82, 2.24) is 15.0 Å². The average molecular weight is 459 g/mol. The summed E-state index contributed by atoms with van der Waals surface area (Å²) in [7, 11) is 0. The number of hydrogen-bond donors (Lipinski definition) is 2. The third-order valence-electron chi connectivity index (χ3n) is 3.79. The highest BCUT2D eigenvalue weighted by Crippen LogP contribution is 2.31. The highest BCUT2D eigenvalue weighted by Gasteiger charge is 2.20. The molecule has 0 aliphatic heterocycles. The molecule has 3 aromatic rings. The Morgan fingerprint density at radius 2 is 1.54 bits per heavy atom. The van der Waals surface area contributed by atoms with Crippen molar-refractivity contribution in [3.8, 4) is 0 Å². The molecule has 1 amide bonds. The predicted molar refractivity (Wildman–Crippen MR) is 108 cm³/mol. The number of primary amides is 1. The van der Waals surface area contributed by atoms with Crippen LogP contribution in [0.3, 0.4) is 0 Å². The zero-order valence-electron chi connectivity index (χ0n) is 13.9. The molecule has 0 atom stereocenters. The van der Waals surface area contributed by atoms with Gasteiger partial charge in [0.2, 0.25) is 0 Å². The van der Waals surface area contributed by atoms with E-state index in [0.717, 1.165) is 0 Å². The Morgan fingerprint density at radius 3 is 2.04 bits per heavy atom. The van der Waals surface area contributed by atoms with Crippen LogP contribution in [0.1, 0.15) is 32.0 Å². The summed E-state index contributed by atoms with van der Waals surface area (Å²) in [6.45, 7) is 0.114. The van der Waals surface area contributed by atoms with Crippen LogP contribution < -0.4 is 11.5 Å². The molecular formula is C17H11Cl4N5O2. The molecule has 1 aromatic heterocycles. The van der Waals surface area contributed by atoms with Crippen molar-refractivity contribution in [2.45, 2.75) is 6.54 Å². The fourth-order valence-corrected chi connectivity index (χ4v) is 3.78. The van der Waals surface area contributed by atoms with Gasteiger partial charge in [-0.1, -0.05) is 51.6 Å². The van der Waals surface area contributed by atoms with Crippen LogP contribution >= 0.6 is 46.4 Å². The lowest BCUT2D eigenvalue weighted by atomic mass is 10.0. The molecule has 0 saturated heterocycles. The summed E-state index contributed by atoms with van der Waals surface area (Å²) in [6.07, 6.45) is 0. The van der Waals surface area contributed by atoms with E-state index in [-0.39, 0.29) is 39.2 Å². The van der Waals surface area contributed by atoms with Gasteiger partial charge in [-0.3, -0.25) is 9.59 Å². The number of nitrogens with zero attached hydrogens (tertiary/aromatic N) is 3. The SMILES string of the molecule is NC(=O)c1nnn(Cc2cc(Cl)c(C(=O)c3cc(Cl)cc(Cl)c3)c(Cl)c2)c1N. The van der Waals surface area contributed by atoms with Crippen LogP contribution in [0, 0.1) is 0 Å². The molecule has 7 nitrogen and oxygen atoms in total. The molecule has 0 unspecified atom stereocenters. The molecule has 3 rings (SSSR count). The number of nitrogen functional groups attached to an aromatic ring is 1. The normalized spacial score (nSPS) is 10.9. The van der Waals surface area contributed by atoms with Gasteiger partial charge in [0.15, 0.2) is 17.3 Å². The lowest BCUT2D eigenvalue weighted by Crippen LogP contribution is -2.15. The smallest absolute Gasteiger partial charge is 0.273 e. The maximum atomic E-state index is 12.8. The van der Waals surface area contributed by atoms with Gasteiger partial charge in [0.05, 0.1) is 22.2 Å². The van der Waals surface area contributed by atoms with Gasteiger partial charge in [-0.2, -0.15) is 0 Å². The summed E-state index contributed by atoms with van der Waals surface area (Å²) in [6, 6.07) is 7.53. The van der Waals surface area contributed by atoms with Crippen LogP contribution in [0.2, 0.25) is 20.1 Å². The second-order valence-corrected chi connectivity index (χ2v) is 7.45. The monoisotopic (exact) mass is 457 g/mol. The number of nitrogens with two attached hydrogens (primary N) is 2. The van der Waals surface area contributed by atoms with Gasteiger partial charge in [0.1, 0.15) is 0 Å². The number of ketones is 1. The summed E-state index contributed by atoms with van der Waals surface area (Å²) >= 11 is 24.5. The van der Waals surface area contributed by atoms with E-state index in [0.29, 0.717) is 15.6 Å². The fraction of sp³-hybridized carbons (Fsp3) is 0.0588. The molecule has 144 valence electrons. The minimum Gasteiger partial charge on any atom is -0.382 e. The number of aromatic nitrogens is 3. The molecule has 28 heavy (non-hydrogen) atoms. The predicted octanol–water partition coefficient (Wildman–Crippen LogP) is 3.85. The Kier molecular flexibility index (Phi) is 5.81. The highest BCUT2D eigenvalue weighted by molar-refractivity contribution is 6.41.